The zero-order chi connectivity index (χ0) is 8.04. The molecule has 62 valence electrons. The van der Waals surface area contributed by atoms with Gasteiger partial charge in [-0.25, -0.2) is 0 Å². The average molecular weight is 147 g/mol. The van der Waals surface area contributed by atoms with E-state index < -0.39 is 5.91 Å². The first-order valence-corrected chi connectivity index (χ1v) is 3.54. The maximum atomic E-state index is 5.06. The molecule has 0 bridgehead atoms. The number of hydrogen-bond donors (Lipinski definition) is 1. The monoisotopic (exact) mass is 147 g/mol. The first-order chi connectivity index (χ1) is 4.68. The van der Waals surface area contributed by atoms with Gasteiger partial charge in [0.1, 0.15) is 0 Å². The molecule has 0 atom stereocenters. The molecule has 0 saturated carbocycles. The van der Waals surface area contributed by atoms with Crippen molar-refractivity contribution in [3.63, 3.8) is 0 Å². The van der Waals surface area contributed by atoms with E-state index in [0.29, 0.717) is 0 Å². The summed E-state index contributed by atoms with van der Waals surface area (Å²) in [5, 5.41) is 3.10. The Labute approximate surface area is 62.7 Å². The maximum Gasteiger partial charge on any atom is 0.223 e. The Morgan fingerprint density at radius 3 is 2.10 bits per heavy atom. The second kappa shape index (κ2) is 4.66. The van der Waals surface area contributed by atoms with E-state index in [-0.39, 0.29) is 0 Å². The summed E-state index contributed by atoms with van der Waals surface area (Å²) in [5.74, 6) is -0.615. The normalized spacial score (nSPS) is 12.0. The molecule has 0 saturated heterocycles. The van der Waals surface area contributed by atoms with Gasteiger partial charge in [-0.3, -0.25) is 5.32 Å². The molecule has 0 aliphatic carbocycles. The molecule has 0 aromatic carbocycles. The Morgan fingerprint density at radius 2 is 1.80 bits per heavy atom. The minimum atomic E-state index is -0.615. The third-order valence-corrected chi connectivity index (χ3v) is 1.48. The maximum absolute atomic E-state index is 5.06. The van der Waals surface area contributed by atoms with Gasteiger partial charge in [0.05, 0.1) is 0 Å². The van der Waals surface area contributed by atoms with Crippen LogP contribution >= 0.6 is 0 Å². The van der Waals surface area contributed by atoms with Crippen LogP contribution in [0, 0.1) is 0 Å². The fraction of sp³-hybridized carbons (Fsp3) is 1.00. The minimum Gasteiger partial charge on any atom is -0.341 e. The summed E-state index contributed by atoms with van der Waals surface area (Å²) in [6.07, 6.45) is 1.07. The Morgan fingerprint density at radius 1 is 1.30 bits per heavy atom. The predicted molar refractivity (Wildman–Crippen MR) is 40.7 cm³/mol. The lowest BCUT2D eigenvalue weighted by atomic mass is 10.4. The molecule has 0 spiro atoms. The summed E-state index contributed by atoms with van der Waals surface area (Å²) in [7, 11) is 3.23. The molecule has 0 aliphatic rings. The first kappa shape index (κ1) is 9.88. The van der Waals surface area contributed by atoms with E-state index in [0.717, 1.165) is 13.0 Å². The van der Waals surface area contributed by atoms with E-state index in [1.54, 1.807) is 14.2 Å². The van der Waals surface area contributed by atoms with Gasteiger partial charge >= 0.3 is 0 Å². The Kier molecular flexibility index (Phi) is 4.60. The van der Waals surface area contributed by atoms with Crippen LogP contribution in [0.1, 0.15) is 20.3 Å². The molecule has 10 heavy (non-hydrogen) atoms. The Balaban J connectivity index is 3.58. The van der Waals surface area contributed by atoms with Crippen molar-refractivity contribution in [2.24, 2.45) is 0 Å². The molecular weight excluding hydrogens is 130 g/mol. The van der Waals surface area contributed by atoms with Crippen molar-refractivity contribution in [3.8, 4) is 0 Å². The highest BCUT2D eigenvalue weighted by molar-refractivity contribution is 4.56. The molecular formula is C7H17NO2. The van der Waals surface area contributed by atoms with Crippen molar-refractivity contribution < 1.29 is 9.47 Å². The predicted octanol–water partition coefficient (Wildman–Crippen LogP) is 0.952. The standard InChI is InChI=1S/C7H17NO2/c1-5-6-8-7(2,9-3)10-4/h8H,5-6H2,1-4H3. The SMILES string of the molecule is CCCNC(C)(OC)OC. The molecule has 0 aromatic rings. The van der Waals surface area contributed by atoms with E-state index in [2.05, 4.69) is 12.2 Å². The number of nitrogens with one attached hydrogen (secondary N) is 1. The number of methoxy groups -OCH3 is 2. The molecule has 0 amide bonds. The Hall–Kier alpha value is -0.120. The second-order valence-electron chi connectivity index (χ2n) is 2.28. The summed E-state index contributed by atoms with van der Waals surface area (Å²) in [4.78, 5) is 0. The van der Waals surface area contributed by atoms with Crippen LogP contribution in [0.15, 0.2) is 0 Å². The van der Waals surface area contributed by atoms with Gasteiger partial charge in [0.15, 0.2) is 0 Å². The van der Waals surface area contributed by atoms with E-state index in [1.807, 2.05) is 6.92 Å². The molecule has 0 rings (SSSR count). The van der Waals surface area contributed by atoms with Crippen molar-refractivity contribution in [1.82, 2.24) is 5.32 Å². The smallest absolute Gasteiger partial charge is 0.223 e. The molecule has 1 N–H and O–H groups in total. The summed E-state index contributed by atoms with van der Waals surface area (Å²) >= 11 is 0. The van der Waals surface area contributed by atoms with E-state index in [9.17, 15) is 0 Å². The summed E-state index contributed by atoms with van der Waals surface area (Å²) in [5.41, 5.74) is 0. The minimum absolute atomic E-state index is 0.615. The lowest BCUT2D eigenvalue weighted by Gasteiger charge is -2.26. The van der Waals surface area contributed by atoms with Crippen LogP contribution in [0.2, 0.25) is 0 Å². The number of ether oxygens (including phenoxy) is 2. The van der Waals surface area contributed by atoms with Crippen LogP contribution in [-0.2, 0) is 9.47 Å². The van der Waals surface area contributed by atoms with Gasteiger partial charge < -0.3 is 9.47 Å². The lowest BCUT2D eigenvalue weighted by Crippen LogP contribution is -2.46. The quantitative estimate of drug-likeness (QED) is 0.587. The van der Waals surface area contributed by atoms with Crippen LogP contribution < -0.4 is 5.32 Å². The molecule has 3 heteroatoms. The van der Waals surface area contributed by atoms with Gasteiger partial charge in [-0.2, -0.15) is 0 Å². The fourth-order valence-corrected chi connectivity index (χ4v) is 0.580. The van der Waals surface area contributed by atoms with Gasteiger partial charge in [-0.05, 0) is 13.0 Å². The second-order valence-corrected chi connectivity index (χ2v) is 2.28. The lowest BCUT2D eigenvalue weighted by molar-refractivity contribution is -0.214. The highest BCUT2D eigenvalue weighted by atomic mass is 16.7. The zero-order valence-electron chi connectivity index (χ0n) is 7.23. The highest BCUT2D eigenvalue weighted by Crippen LogP contribution is 2.03. The van der Waals surface area contributed by atoms with Gasteiger partial charge in [-0.1, -0.05) is 6.92 Å². The van der Waals surface area contributed by atoms with Crippen molar-refractivity contribution in [3.05, 3.63) is 0 Å². The van der Waals surface area contributed by atoms with E-state index >= 15 is 0 Å². The van der Waals surface area contributed by atoms with Crippen LogP contribution in [0.5, 0.6) is 0 Å². The molecule has 0 radical (unpaired) electrons. The van der Waals surface area contributed by atoms with Crippen molar-refractivity contribution in [2.75, 3.05) is 20.8 Å². The molecule has 0 unspecified atom stereocenters. The number of rotatable bonds is 5. The van der Waals surface area contributed by atoms with Crippen molar-refractivity contribution in [2.45, 2.75) is 26.2 Å². The molecule has 3 nitrogen and oxygen atoms in total. The van der Waals surface area contributed by atoms with Crippen LogP contribution in [0.3, 0.4) is 0 Å². The topological polar surface area (TPSA) is 30.5 Å². The van der Waals surface area contributed by atoms with Gasteiger partial charge in [0, 0.05) is 21.1 Å². The Bertz CT molecular complexity index is 81.7. The van der Waals surface area contributed by atoms with E-state index in [1.165, 1.54) is 0 Å². The summed E-state index contributed by atoms with van der Waals surface area (Å²) < 4.78 is 10.1. The van der Waals surface area contributed by atoms with Gasteiger partial charge in [0.25, 0.3) is 0 Å². The van der Waals surface area contributed by atoms with Crippen molar-refractivity contribution >= 4 is 0 Å². The van der Waals surface area contributed by atoms with Gasteiger partial charge in [0.2, 0.25) is 5.91 Å². The van der Waals surface area contributed by atoms with E-state index in [4.69, 9.17) is 9.47 Å². The molecule has 0 fully saturated rings. The van der Waals surface area contributed by atoms with Crippen LogP contribution in [0.25, 0.3) is 0 Å². The molecule has 0 heterocycles. The molecule has 0 aliphatic heterocycles. The van der Waals surface area contributed by atoms with Crippen LogP contribution in [0.4, 0.5) is 0 Å². The van der Waals surface area contributed by atoms with Crippen molar-refractivity contribution in [1.29, 1.82) is 0 Å². The van der Waals surface area contributed by atoms with Gasteiger partial charge in [-0.15, -0.1) is 0 Å². The zero-order valence-corrected chi connectivity index (χ0v) is 7.23. The molecule has 0 aromatic heterocycles. The van der Waals surface area contributed by atoms with Crippen LogP contribution in [-0.4, -0.2) is 26.7 Å². The summed E-state index contributed by atoms with van der Waals surface area (Å²) in [6, 6.07) is 0. The number of hydrogen-bond acceptors (Lipinski definition) is 3. The highest BCUT2D eigenvalue weighted by Gasteiger charge is 2.19. The fourth-order valence-electron chi connectivity index (χ4n) is 0.580. The third-order valence-electron chi connectivity index (χ3n) is 1.48. The first-order valence-electron chi connectivity index (χ1n) is 3.54. The largest absolute Gasteiger partial charge is 0.341 e. The average Bonchev–Trinajstić information content (AvgIpc) is 2.00. The third kappa shape index (κ3) is 3.15. The summed E-state index contributed by atoms with van der Waals surface area (Å²) in [6.45, 7) is 4.85.